The Kier molecular flexibility index (Phi) is 4.99. The van der Waals surface area contributed by atoms with Gasteiger partial charge in [0.1, 0.15) is 0 Å². The van der Waals surface area contributed by atoms with Gasteiger partial charge in [-0.2, -0.15) is 4.98 Å². The molecule has 1 atom stereocenters. The standard InChI is InChI=1S/C13H15ClN4O.ClH/c14-10-3-1-9(2-4-10)13-16-12(19-17-13)8-18-6-5-11(15)7-18;/h1-4,11H,5-8,15H2;1H/t11-;/m0./s1. The molecule has 0 amide bonds. The molecule has 2 heterocycles. The summed E-state index contributed by atoms with van der Waals surface area (Å²) in [5.41, 5.74) is 6.77. The zero-order valence-corrected chi connectivity index (χ0v) is 12.4. The third kappa shape index (κ3) is 3.49. The third-order valence-corrected chi connectivity index (χ3v) is 3.49. The van der Waals surface area contributed by atoms with Crippen molar-refractivity contribution in [1.82, 2.24) is 15.0 Å². The van der Waals surface area contributed by atoms with Crippen molar-refractivity contribution in [2.24, 2.45) is 5.73 Å². The molecule has 108 valence electrons. The molecule has 0 spiro atoms. The maximum atomic E-state index is 5.87. The second-order valence-electron chi connectivity index (χ2n) is 4.80. The fourth-order valence-electron chi connectivity index (χ4n) is 2.23. The van der Waals surface area contributed by atoms with Crippen molar-refractivity contribution in [3.63, 3.8) is 0 Å². The van der Waals surface area contributed by atoms with Crippen molar-refractivity contribution in [3.8, 4) is 11.4 Å². The van der Waals surface area contributed by atoms with Gasteiger partial charge in [-0.15, -0.1) is 12.4 Å². The molecule has 7 heteroatoms. The molecule has 1 aliphatic rings. The number of aromatic nitrogens is 2. The fourth-order valence-corrected chi connectivity index (χ4v) is 2.36. The molecule has 1 saturated heterocycles. The molecule has 5 nitrogen and oxygen atoms in total. The lowest BCUT2D eigenvalue weighted by atomic mass is 10.2. The first-order valence-corrected chi connectivity index (χ1v) is 6.65. The van der Waals surface area contributed by atoms with E-state index in [1.807, 2.05) is 24.3 Å². The Morgan fingerprint density at radius 3 is 2.75 bits per heavy atom. The van der Waals surface area contributed by atoms with Crippen molar-refractivity contribution < 1.29 is 4.52 Å². The van der Waals surface area contributed by atoms with Gasteiger partial charge in [0, 0.05) is 29.7 Å². The smallest absolute Gasteiger partial charge is 0.241 e. The van der Waals surface area contributed by atoms with E-state index in [0.717, 1.165) is 25.1 Å². The van der Waals surface area contributed by atoms with Gasteiger partial charge in [0.2, 0.25) is 11.7 Å². The van der Waals surface area contributed by atoms with Crippen LogP contribution in [0.2, 0.25) is 5.02 Å². The zero-order valence-electron chi connectivity index (χ0n) is 10.8. The predicted octanol–water partition coefficient (Wildman–Crippen LogP) is 2.34. The van der Waals surface area contributed by atoms with E-state index in [1.54, 1.807) is 0 Å². The summed E-state index contributed by atoms with van der Waals surface area (Å²) in [6, 6.07) is 7.64. The average molecular weight is 315 g/mol. The monoisotopic (exact) mass is 314 g/mol. The quantitative estimate of drug-likeness (QED) is 0.941. The van der Waals surface area contributed by atoms with Crippen molar-refractivity contribution >= 4 is 24.0 Å². The molecule has 2 aromatic rings. The summed E-state index contributed by atoms with van der Waals surface area (Å²) >= 11 is 5.85. The molecule has 2 N–H and O–H groups in total. The van der Waals surface area contributed by atoms with Gasteiger partial charge in [-0.1, -0.05) is 16.8 Å². The van der Waals surface area contributed by atoms with Crippen LogP contribution in [0.1, 0.15) is 12.3 Å². The number of hydrogen-bond donors (Lipinski definition) is 1. The van der Waals surface area contributed by atoms with Crippen LogP contribution in [0.25, 0.3) is 11.4 Å². The Hall–Kier alpha value is -1.14. The number of benzene rings is 1. The number of nitrogens with zero attached hydrogens (tertiary/aromatic N) is 3. The maximum Gasteiger partial charge on any atom is 0.241 e. The lowest BCUT2D eigenvalue weighted by Gasteiger charge is -2.10. The van der Waals surface area contributed by atoms with Crippen molar-refractivity contribution in [2.75, 3.05) is 13.1 Å². The number of halogens is 2. The van der Waals surface area contributed by atoms with E-state index in [-0.39, 0.29) is 18.4 Å². The van der Waals surface area contributed by atoms with E-state index in [9.17, 15) is 0 Å². The van der Waals surface area contributed by atoms with E-state index in [1.165, 1.54) is 0 Å². The number of rotatable bonds is 3. The van der Waals surface area contributed by atoms with Crippen LogP contribution in [0.5, 0.6) is 0 Å². The van der Waals surface area contributed by atoms with Crippen LogP contribution in [-0.2, 0) is 6.54 Å². The lowest BCUT2D eigenvalue weighted by Crippen LogP contribution is -2.26. The number of likely N-dealkylation sites (tertiary alicyclic amines) is 1. The number of hydrogen-bond acceptors (Lipinski definition) is 5. The molecule has 1 aliphatic heterocycles. The van der Waals surface area contributed by atoms with E-state index < -0.39 is 0 Å². The van der Waals surface area contributed by atoms with Crippen LogP contribution in [-0.4, -0.2) is 34.2 Å². The molecule has 0 saturated carbocycles. The summed E-state index contributed by atoms with van der Waals surface area (Å²) in [7, 11) is 0. The van der Waals surface area contributed by atoms with Crippen LogP contribution in [0.4, 0.5) is 0 Å². The molecule has 20 heavy (non-hydrogen) atoms. The predicted molar refractivity (Wildman–Crippen MR) is 79.9 cm³/mol. The van der Waals surface area contributed by atoms with Crippen molar-refractivity contribution in [2.45, 2.75) is 19.0 Å². The first kappa shape index (κ1) is 15.3. The van der Waals surface area contributed by atoms with Crippen LogP contribution < -0.4 is 5.73 Å². The molecule has 3 rings (SSSR count). The van der Waals surface area contributed by atoms with Gasteiger partial charge in [0.25, 0.3) is 0 Å². The summed E-state index contributed by atoms with van der Waals surface area (Å²) in [6.45, 7) is 2.53. The summed E-state index contributed by atoms with van der Waals surface area (Å²) in [6.07, 6.45) is 1.03. The molecule has 0 radical (unpaired) electrons. The highest BCUT2D eigenvalue weighted by molar-refractivity contribution is 6.30. The molecule has 1 fully saturated rings. The number of nitrogens with two attached hydrogens (primary N) is 1. The minimum atomic E-state index is 0. The van der Waals surface area contributed by atoms with Crippen molar-refractivity contribution in [1.29, 1.82) is 0 Å². The Bertz CT molecular complexity index is 558. The minimum absolute atomic E-state index is 0. The molecule has 0 aliphatic carbocycles. The SMILES string of the molecule is Cl.N[C@H]1CCN(Cc2nc(-c3ccc(Cl)cc3)no2)C1. The van der Waals surface area contributed by atoms with Gasteiger partial charge < -0.3 is 10.3 Å². The second kappa shape index (κ2) is 6.54. The lowest BCUT2D eigenvalue weighted by molar-refractivity contribution is 0.265. The Morgan fingerprint density at radius 2 is 2.10 bits per heavy atom. The first-order valence-electron chi connectivity index (χ1n) is 6.27. The van der Waals surface area contributed by atoms with Crippen LogP contribution in [0, 0.1) is 0 Å². The highest BCUT2D eigenvalue weighted by atomic mass is 35.5. The maximum absolute atomic E-state index is 5.87. The molecule has 1 aromatic carbocycles. The van der Waals surface area contributed by atoms with Gasteiger partial charge >= 0.3 is 0 Å². The summed E-state index contributed by atoms with van der Waals surface area (Å²) in [5.74, 6) is 1.22. The van der Waals surface area contributed by atoms with Crippen LogP contribution in [0.3, 0.4) is 0 Å². The summed E-state index contributed by atoms with van der Waals surface area (Å²) in [4.78, 5) is 6.62. The van der Waals surface area contributed by atoms with Crippen molar-refractivity contribution in [3.05, 3.63) is 35.2 Å². The molecular weight excluding hydrogens is 299 g/mol. The molecule has 0 bridgehead atoms. The van der Waals surface area contributed by atoms with E-state index in [4.69, 9.17) is 21.9 Å². The van der Waals surface area contributed by atoms with E-state index >= 15 is 0 Å². The molecular formula is C13H16Cl2N4O. The van der Waals surface area contributed by atoms with Gasteiger partial charge in [0.15, 0.2) is 0 Å². The van der Waals surface area contributed by atoms with Crippen LogP contribution >= 0.6 is 24.0 Å². The zero-order chi connectivity index (χ0) is 13.2. The van der Waals surface area contributed by atoms with Gasteiger partial charge in [0.05, 0.1) is 6.54 Å². The van der Waals surface area contributed by atoms with Gasteiger partial charge in [-0.3, -0.25) is 4.90 Å². The molecule has 0 unspecified atom stereocenters. The Labute approximate surface area is 128 Å². The molecule has 1 aromatic heterocycles. The summed E-state index contributed by atoms with van der Waals surface area (Å²) in [5, 5.41) is 4.68. The largest absolute Gasteiger partial charge is 0.338 e. The summed E-state index contributed by atoms with van der Waals surface area (Å²) < 4.78 is 5.27. The minimum Gasteiger partial charge on any atom is -0.338 e. The second-order valence-corrected chi connectivity index (χ2v) is 5.24. The Morgan fingerprint density at radius 1 is 1.35 bits per heavy atom. The first-order chi connectivity index (χ1) is 9.20. The third-order valence-electron chi connectivity index (χ3n) is 3.24. The highest BCUT2D eigenvalue weighted by Crippen LogP contribution is 2.19. The fraction of sp³-hybridized carbons (Fsp3) is 0.385. The normalized spacial score (nSPS) is 19.0. The topological polar surface area (TPSA) is 68.2 Å². The average Bonchev–Trinajstić information content (AvgIpc) is 3.00. The Balaban J connectivity index is 0.00000147. The highest BCUT2D eigenvalue weighted by Gasteiger charge is 2.21. The van der Waals surface area contributed by atoms with Gasteiger partial charge in [-0.05, 0) is 30.7 Å². The van der Waals surface area contributed by atoms with E-state index in [0.29, 0.717) is 23.3 Å². The van der Waals surface area contributed by atoms with Crippen LogP contribution in [0.15, 0.2) is 28.8 Å². The van der Waals surface area contributed by atoms with Gasteiger partial charge in [-0.25, -0.2) is 0 Å². The van der Waals surface area contributed by atoms with E-state index in [2.05, 4.69) is 15.0 Å².